The van der Waals surface area contributed by atoms with Gasteiger partial charge in [-0.1, -0.05) is 63.3 Å². The minimum absolute atomic E-state index is 0.0454. The topological polar surface area (TPSA) is 0 Å². The molecule has 0 saturated heterocycles. The second kappa shape index (κ2) is 9.21. The molecule has 16 heavy (non-hydrogen) atoms. The average Bonchev–Trinajstić information content (AvgIpc) is 2.31. The van der Waals surface area contributed by atoms with Crippen molar-refractivity contribution in [3.05, 3.63) is 49.1 Å². The van der Waals surface area contributed by atoms with E-state index >= 15 is 0 Å². The van der Waals surface area contributed by atoms with Crippen LogP contribution in [0.25, 0.3) is 0 Å². The van der Waals surface area contributed by atoms with E-state index in [4.69, 9.17) is 0 Å². The van der Waals surface area contributed by atoms with Gasteiger partial charge >= 0.3 is 0 Å². The van der Waals surface area contributed by atoms with Crippen LogP contribution < -0.4 is 0 Å². The molecular weight excluding hydrogens is 192 g/mol. The van der Waals surface area contributed by atoms with Crippen LogP contribution in [-0.2, 0) is 0 Å². The molecule has 0 aliphatic rings. The first-order valence-corrected chi connectivity index (χ1v) is 6.38. The van der Waals surface area contributed by atoms with Crippen LogP contribution in [0.1, 0.15) is 46.5 Å². The molecule has 0 bridgehead atoms. The van der Waals surface area contributed by atoms with Gasteiger partial charge in [-0.05, 0) is 25.7 Å². The Kier molecular flexibility index (Phi) is 8.61. The van der Waals surface area contributed by atoms with E-state index in [0.29, 0.717) is 0 Å². The Morgan fingerprint density at radius 2 is 1.19 bits per heavy atom. The Labute approximate surface area is 101 Å². The van der Waals surface area contributed by atoms with Crippen LogP contribution in [-0.4, -0.2) is 0 Å². The zero-order chi connectivity index (χ0) is 12.3. The fraction of sp³-hybridized carbons (Fsp3) is 0.500. The second-order valence-electron chi connectivity index (χ2n) is 4.04. The molecule has 0 aromatic rings. The Hall–Kier alpha value is -1.04. The molecule has 0 spiro atoms. The molecule has 0 aliphatic heterocycles. The monoisotopic (exact) mass is 218 g/mol. The van der Waals surface area contributed by atoms with Gasteiger partial charge in [-0.2, -0.15) is 0 Å². The Morgan fingerprint density at radius 1 is 0.812 bits per heavy atom. The summed E-state index contributed by atoms with van der Waals surface area (Å²) in [5, 5.41) is 0. The predicted octanol–water partition coefficient (Wildman–Crippen LogP) is 5.45. The van der Waals surface area contributed by atoms with Gasteiger partial charge in [0.05, 0.1) is 0 Å². The summed E-state index contributed by atoms with van der Waals surface area (Å²) in [5.74, 6) is 0. The second-order valence-corrected chi connectivity index (χ2v) is 4.04. The highest BCUT2D eigenvalue weighted by Gasteiger charge is 2.17. The maximum Gasteiger partial charge on any atom is 0.0276 e. The van der Waals surface area contributed by atoms with Crippen molar-refractivity contribution in [3.63, 3.8) is 0 Å². The summed E-state index contributed by atoms with van der Waals surface area (Å²) in [7, 11) is 0. The number of allylic oxidation sites excluding steroid dienone is 7. The summed E-state index contributed by atoms with van der Waals surface area (Å²) >= 11 is 0. The SMILES string of the molecule is C=CCC(C=CCC)(C=CCC)C=CCC. The van der Waals surface area contributed by atoms with Crippen molar-refractivity contribution in [1.82, 2.24) is 0 Å². The van der Waals surface area contributed by atoms with Crippen LogP contribution in [0.4, 0.5) is 0 Å². The fourth-order valence-corrected chi connectivity index (χ4v) is 1.63. The van der Waals surface area contributed by atoms with Gasteiger partial charge < -0.3 is 0 Å². The molecule has 0 amide bonds. The lowest BCUT2D eigenvalue weighted by Gasteiger charge is -2.22. The summed E-state index contributed by atoms with van der Waals surface area (Å²) in [6.45, 7) is 10.4. The van der Waals surface area contributed by atoms with E-state index in [-0.39, 0.29) is 5.41 Å². The summed E-state index contributed by atoms with van der Waals surface area (Å²) in [6, 6.07) is 0. The van der Waals surface area contributed by atoms with E-state index in [2.05, 4.69) is 63.8 Å². The van der Waals surface area contributed by atoms with Crippen molar-refractivity contribution >= 4 is 0 Å². The molecule has 0 fully saturated rings. The van der Waals surface area contributed by atoms with E-state index in [1.165, 1.54) is 0 Å². The lowest BCUT2D eigenvalue weighted by Crippen LogP contribution is -2.10. The first-order valence-electron chi connectivity index (χ1n) is 6.38. The highest BCUT2D eigenvalue weighted by molar-refractivity contribution is 5.22. The van der Waals surface area contributed by atoms with Crippen LogP contribution in [0.15, 0.2) is 49.1 Å². The Balaban J connectivity index is 5.01. The van der Waals surface area contributed by atoms with Crippen LogP contribution in [0, 0.1) is 5.41 Å². The first kappa shape index (κ1) is 15.0. The highest BCUT2D eigenvalue weighted by atomic mass is 14.2. The zero-order valence-electron chi connectivity index (χ0n) is 11.1. The minimum atomic E-state index is 0.0454. The molecule has 0 radical (unpaired) electrons. The molecule has 0 aromatic heterocycles. The van der Waals surface area contributed by atoms with E-state index in [9.17, 15) is 0 Å². The molecule has 0 saturated carbocycles. The first-order chi connectivity index (χ1) is 7.74. The van der Waals surface area contributed by atoms with E-state index in [1.54, 1.807) is 0 Å². The highest BCUT2D eigenvalue weighted by Crippen LogP contribution is 2.29. The van der Waals surface area contributed by atoms with Gasteiger partial charge in [0.2, 0.25) is 0 Å². The van der Waals surface area contributed by atoms with Gasteiger partial charge in [0.15, 0.2) is 0 Å². The summed E-state index contributed by atoms with van der Waals surface area (Å²) in [4.78, 5) is 0. The summed E-state index contributed by atoms with van der Waals surface area (Å²) < 4.78 is 0. The maximum atomic E-state index is 3.87. The standard InChI is InChI=1S/C16H26/c1-5-9-13-16(12-8-4,14-10-6-2)15-11-7-3/h8-11,13-15H,4-7,12H2,1-3H3. The van der Waals surface area contributed by atoms with Gasteiger partial charge in [-0.15, -0.1) is 6.58 Å². The van der Waals surface area contributed by atoms with Crippen LogP contribution >= 0.6 is 0 Å². The van der Waals surface area contributed by atoms with Crippen molar-refractivity contribution in [3.8, 4) is 0 Å². The zero-order valence-corrected chi connectivity index (χ0v) is 11.1. The smallest absolute Gasteiger partial charge is 0.0276 e. The number of rotatable bonds is 8. The molecule has 0 rings (SSSR count). The Bertz CT molecular complexity index is 217. The van der Waals surface area contributed by atoms with Crippen molar-refractivity contribution in [2.45, 2.75) is 46.5 Å². The summed E-state index contributed by atoms with van der Waals surface area (Å²) in [5.41, 5.74) is 0.0454. The van der Waals surface area contributed by atoms with Crippen LogP contribution in [0.3, 0.4) is 0 Å². The largest absolute Gasteiger partial charge is 0.103 e. The molecule has 90 valence electrons. The van der Waals surface area contributed by atoms with Crippen molar-refractivity contribution in [2.75, 3.05) is 0 Å². The summed E-state index contributed by atoms with van der Waals surface area (Å²) in [6.07, 6.45) is 19.8. The van der Waals surface area contributed by atoms with Gasteiger partial charge in [0, 0.05) is 5.41 Å². The lowest BCUT2D eigenvalue weighted by molar-refractivity contribution is 0.634. The molecule has 0 N–H and O–H groups in total. The van der Waals surface area contributed by atoms with Crippen molar-refractivity contribution < 1.29 is 0 Å². The van der Waals surface area contributed by atoms with Crippen molar-refractivity contribution in [1.29, 1.82) is 0 Å². The molecule has 0 heteroatoms. The van der Waals surface area contributed by atoms with Crippen LogP contribution in [0.2, 0.25) is 0 Å². The van der Waals surface area contributed by atoms with E-state index in [1.807, 2.05) is 6.08 Å². The van der Waals surface area contributed by atoms with Gasteiger partial charge in [-0.25, -0.2) is 0 Å². The lowest BCUT2D eigenvalue weighted by atomic mass is 9.82. The number of hydrogen-bond acceptors (Lipinski definition) is 0. The maximum absolute atomic E-state index is 3.87. The molecular formula is C16H26. The van der Waals surface area contributed by atoms with Gasteiger partial charge in [-0.3, -0.25) is 0 Å². The molecule has 0 atom stereocenters. The van der Waals surface area contributed by atoms with E-state index in [0.717, 1.165) is 25.7 Å². The molecule has 0 unspecified atom stereocenters. The normalized spacial score (nSPS) is 16.2. The number of hydrogen-bond donors (Lipinski definition) is 0. The van der Waals surface area contributed by atoms with Gasteiger partial charge in [0.25, 0.3) is 0 Å². The third kappa shape index (κ3) is 5.75. The van der Waals surface area contributed by atoms with E-state index < -0.39 is 0 Å². The minimum Gasteiger partial charge on any atom is -0.103 e. The van der Waals surface area contributed by atoms with Crippen molar-refractivity contribution in [2.24, 2.45) is 5.41 Å². The third-order valence-corrected chi connectivity index (χ3v) is 2.49. The molecule has 0 aromatic carbocycles. The molecule has 0 nitrogen and oxygen atoms in total. The third-order valence-electron chi connectivity index (χ3n) is 2.49. The predicted molar refractivity (Wildman–Crippen MR) is 75.5 cm³/mol. The molecule has 0 aliphatic carbocycles. The van der Waals surface area contributed by atoms with Crippen LogP contribution in [0.5, 0.6) is 0 Å². The van der Waals surface area contributed by atoms with Gasteiger partial charge in [0.1, 0.15) is 0 Å². The quantitative estimate of drug-likeness (QED) is 0.475. The molecule has 0 heterocycles. The fourth-order valence-electron chi connectivity index (χ4n) is 1.63. The Morgan fingerprint density at radius 3 is 1.44 bits per heavy atom. The average molecular weight is 218 g/mol.